The largest absolute Gasteiger partial charge is 0.373 e. The Bertz CT molecular complexity index is 742. The Balaban J connectivity index is 1.48. The summed E-state index contributed by atoms with van der Waals surface area (Å²) in [5.41, 5.74) is 2.13. The Kier molecular flexibility index (Phi) is 6.80. The lowest BCUT2D eigenvalue weighted by Crippen LogP contribution is -2.44. The van der Waals surface area contributed by atoms with Gasteiger partial charge in [-0.3, -0.25) is 9.69 Å². The lowest BCUT2D eigenvalue weighted by molar-refractivity contribution is -0.116. The van der Waals surface area contributed by atoms with E-state index in [1.165, 1.54) is 11.3 Å². The van der Waals surface area contributed by atoms with Gasteiger partial charge in [0.05, 0.1) is 17.9 Å². The standard InChI is InChI=1S/C19H24BrN3O2S/c1-13-9-23(10-14(2)25-13)11-16-12-26-19(21-16)22-18(24)8-7-15-5-3-4-6-17(15)20/h3-6,12-14H,7-11H2,1-2H3,(H,21,22,24). The van der Waals surface area contributed by atoms with Crippen molar-refractivity contribution in [2.75, 3.05) is 18.4 Å². The summed E-state index contributed by atoms with van der Waals surface area (Å²) in [4.78, 5) is 19.1. The molecule has 0 saturated carbocycles. The summed E-state index contributed by atoms with van der Waals surface area (Å²) >= 11 is 5.00. The van der Waals surface area contributed by atoms with Crippen LogP contribution in [-0.4, -0.2) is 41.1 Å². The number of aromatic nitrogens is 1. The highest BCUT2D eigenvalue weighted by atomic mass is 79.9. The van der Waals surface area contributed by atoms with E-state index in [1.807, 2.05) is 29.6 Å². The summed E-state index contributed by atoms with van der Waals surface area (Å²) in [7, 11) is 0. The number of amides is 1. The van der Waals surface area contributed by atoms with Crippen LogP contribution in [0.4, 0.5) is 5.13 Å². The molecule has 0 spiro atoms. The Labute approximate surface area is 166 Å². The van der Waals surface area contributed by atoms with Gasteiger partial charge in [0.1, 0.15) is 0 Å². The third-order valence-electron chi connectivity index (χ3n) is 4.26. The Morgan fingerprint density at radius 1 is 1.35 bits per heavy atom. The van der Waals surface area contributed by atoms with Gasteiger partial charge >= 0.3 is 0 Å². The molecular weight excluding hydrogens is 414 g/mol. The van der Waals surface area contributed by atoms with E-state index in [2.05, 4.69) is 45.0 Å². The summed E-state index contributed by atoms with van der Waals surface area (Å²) in [6, 6.07) is 7.98. The van der Waals surface area contributed by atoms with Gasteiger partial charge in [-0.1, -0.05) is 34.1 Å². The average Bonchev–Trinajstić information content (AvgIpc) is 3.00. The van der Waals surface area contributed by atoms with Crippen LogP contribution >= 0.6 is 27.3 Å². The van der Waals surface area contributed by atoms with E-state index in [0.29, 0.717) is 18.0 Å². The first-order valence-electron chi connectivity index (χ1n) is 8.85. The number of aryl methyl sites for hydroxylation is 1. The van der Waals surface area contributed by atoms with Crippen molar-refractivity contribution < 1.29 is 9.53 Å². The third-order valence-corrected chi connectivity index (χ3v) is 5.84. The maximum Gasteiger partial charge on any atom is 0.226 e. The molecule has 1 aromatic carbocycles. The molecule has 0 radical (unpaired) electrons. The number of ether oxygens (including phenoxy) is 1. The van der Waals surface area contributed by atoms with Crippen LogP contribution in [0.15, 0.2) is 34.1 Å². The van der Waals surface area contributed by atoms with Gasteiger partial charge in [-0.15, -0.1) is 11.3 Å². The van der Waals surface area contributed by atoms with Gasteiger partial charge in [0.25, 0.3) is 0 Å². The van der Waals surface area contributed by atoms with Crippen molar-refractivity contribution in [2.45, 2.75) is 45.4 Å². The molecule has 1 aromatic heterocycles. The maximum absolute atomic E-state index is 12.2. The van der Waals surface area contributed by atoms with Crippen molar-refractivity contribution in [1.82, 2.24) is 9.88 Å². The molecule has 0 bridgehead atoms. The predicted octanol–water partition coefficient (Wildman–Crippen LogP) is 4.09. The van der Waals surface area contributed by atoms with E-state index < -0.39 is 0 Å². The smallest absolute Gasteiger partial charge is 0.226 e. The predicted molar refractivity (Wildman–Crippen MR) is 108 cm³/mol. The molecule has 5 nitrogen and oxygen atoms in total. The molecule has 0 aliphatic carbocycles. The van der Waals surface area contributed by atoms with Crippen LogP contribution in [0.2, 0.25) is 0 Å². The number of hydrogen-bond acceptors (Lipinski definition) is 5. The molecule has 1 fully saturated rings. The minimum atomic E-state index is -0.00438. The summed E-state index contributed by atoms with van der Waals surface area (Å²) in [6.45, 7) is 6.81. The number of hydrogen-bond donors (Lipinski definition) is 1. The Hall–Kier alpha value is -1.28. The van der Waals surface area contributed by atoms with Gasteiger partial charge < -0.3 is 10.1 Å². The van der Waals surface area contributed by atoms with Crippen LogP contribution < -0.4 is 5.32 Å². The second-order valence-electron chi connectivity index (χ2n) is 6.73. The number of rotatable bonds is 6. The summed E-state index contributed by atoms with van der Waals surface area (Å²) < 4.78 is 6.80. The molecular formula is C19H24BrN3O2S. The van der Waals surface area contributed by atoms with Gasteiger partial charge in [-0.05, 0) is 31.9 Å². The third kappa shape index (κ3) is 5.61. The highest BCUT2D eigenvalue weighted by Gasteiger charge is 2.22. The van der Waals surface area contributed by atoms with E-state index in [4.69, 9.17) is 4.74 Å². The molecule has 1 N–H and O–H groups in total. The van der Waals surface area contributed by atoms with Gasteiger partial charge in [0, 0.05) is 35.9 Å². The first-order valence-corrected chi connectivity index (χ1v) is 10.5. The zero-order valence-electron chi connectivity index (χ0n) is 15.1. The summed E-state index contributed by atoms with van der Waals surface area (Å²) in [6.07, 6.45) is 1.63. The minimum absolute atomic E-state index is 0.00438. The molecule has 2 aromatic rings. The molecule has 2 heterocycles. The van der Waals surface area contributed by atoms with E-state index in [9.17, 15) is 4.79 Å². The molecule has 3 rings (SSSR count). The fraction of sp³-hybridized carbons (Fsp3) is 0.474. The van der Waals surface area contributed by atoms with Gasteiger partial charge in [0.2, 0.25) is 5.91 Å². The number of thiazole rings is 1. The molecule has 2 unspecified atom stereocenters. The van der Waals surface area contributed by atoms with Crippen LogP contribution in [0, 0.1) is 0 Å². The lowest BCUT2D eigenvalue weighted by Gasteiger charge is -2.34. The van der Waals surface area contributed by atoms with E-state index in [1.54, 1.807) is 0 Å². The Morgan fingerprint density at radius 3 is 2.81 bits per heavy atom. The van der Waals surface area contributed by atoms with E-state index in [-0.39, 0.29) is 18.1 Å². The highest BCUT2D eigenvalue weighted by Crippen LogP contribution is 2.21. The first kappa shape index (κ1) is 19.5. The van der Waals surface area contributed by atoms with Crippen LogP contribution in [0.1, 0.15) is 31.5 Å². The minimum Gasteiger partial charge on any atom is -0.373 e. The van der Waals surface area contributed by atoms with Crippen LogP contribution in [0.25, 0.3) is 0 Å². The molecule has 1 aliphatic heterocycles. The molecule has 7 heteroatoms. The SMILES string of the molecule is CC1CN(Cc2csc(NC(=O)CCc3ccccc3Br)n2)CC(C)O1. The molecule has 1 aliphatic rings. The number of carbonyl (C=O) groups excluding carboxylic acids is 1. The van der Waals surface area contributed by atoms with Crippen molar-refractivity contribution in [1.29, 1.82) is 0 Å². The van der Waals surface area contributed by atoms with Gasteiger partial charge in [-0.2, -0.15) is 0 Å². The lowest BCUT2D eigenvalue weighted by atomic mass is 10.1. The van der Waals surface area contributed by atoms with E-state index in [0.717, 1.165) is 35.4 Å². The zero-order valence-corrected chi connectivity index (χ0v) is 17.5. The number of anilines is 1. The zero-order chi connectivity index (χ0) is 18.5. The molecule has 2 atom stereocenters. The van der Waals surface area contributed by atoms with Crippen molar-refractivity contribution >= 4 is 38.3 Å². The van der Waals surface area contributed by atoms with Gasteiger partial charge in [-0.25, -0.2) is 4.98 Å². The second kappa shape index (κ2) is 9.08. The fourth-order valence-corrected chi connectivity index (χ4v) is 4.41. The fourth-order valence-electron chi connectivity index (χ4n) is 3.21. The number of carbonyl (C=O) groups is 1. The number of halogens is 1. The molecule has 1 saturated heterocycles. The van der Waals surface area contributed by atoms with Crippen molar-refractivity contribution in [3.8, 4) is 0 Å². The topological polar surface area (TPSA) is 54.5 Å². The summed E-state index contributed by atoms with van der Waals surface area (Å²) in [5, 5.41) is 5.61. The van der Waals surface area contributed by atoms with Crippen LogP contribution in [-0.2, 0) is 22.5 Å². The second-order valence-corrected chi connectivity index (χ2v) is 8.45. The monoisotopic (exact) mass is 437 g/mol. The number of nitrogens with one attached hydrogen (secondary N) is 1. The molecule has 140 valence electrons. The van der Waals surface area contributed by atoms with Crippen LogP contribution in [0.5, 0.6) is 0 Å². The van der Waals surface area contributed by atoms with Crippen molar-refractivity contribution in [3.05, 3.63) is 45.4 Å². The van der Waals surface area contributed by atoms with Crippen molar-refractivity contribution in [3.63, 3.8) is 0 Å². The first-order chi connectivity index (χ1) is 12.5. The summed E-state index contributed by atoms with van der Waals surface area (Å²) in [5.74, 6) is -0.00438. The quantitative estimate of drug-likeness (QED) is 0.739. The number of nitrogens with zero attached hydrogens (tertiary/aromatic N) is 2. The van der Waals surface area contributed by atoms with Crippen LogP contribution in [0.3, 0.4) is 0 Å². The Morgan fingerprint density at radius 2 is 2.08 bits per heavy atom. The van der Waals surface area contributed by atoms with Gasteiger partial charge in [0.15, 0.2) is 5.13 Å². The maximum atomic E-state index is 12.2. The molecule has 1 amide bonds. The normalized spacial score (nSPS) is 20.9. The van der Waals surface area contributed by atoms with Crippen molar-refractivity contribution in [2.24, 2.45) is 0 Å². The molecule has 26 heavy (non-hydrogen) atoms. The number of morpholine rings is 1. The average molecular weight is 438 g/mol. The highest BCUT2D eigenvalue weighted by molar-refractivity contribution is 9.10. The number of benzene rings is 1. The van der Waals surface area contributed by atoms with E-state index >= 15 is 0 Å².